The van der Waals surface area contributed by atoms with E-state index in [4.69, 9.17) is 34.8 Å². The zero-order chi connectivity index (χ0) is 19.8. The summed E-state index contributed by atoms with van der Waals surface area (Å²) in [5, 5.41) is 3.79. The third kappa shape index (κ3) is 3.56. The van der Waals surface area contributed by atoms with Crippen molar-refractivity contribution in [1.82, 2.24) is 9.97 Å². The number of carbonyl (C=O) groups excluding carboxylic acids is 1. The molecule has 1 aromatic heterocycles. The van der Waals surface area contributed by atoms with Crippen molar-refractivity contribution >= 4 is 57.4 Å². The Hall–Kier alpha value is -2.60. The van der Waals surface area contributed by atoms with Crippen molar-refractivity contribution in [1.29, 1.82) is 0 Å². The Morgan fingerprint density at radius 1 is 1.00 bits per heavy atom. The van der Waals surface area contributed by atoms with Crippen LogP contribution in [-0.4, -0.2) is 15.9 Å². The van der Waals surface area contributed by atoms with Gasteiger partial charge in [0.05, 0.1) is 32.3 Å². The van der Waals surface area contributed by atoms with Crippen LogP contribution in [0.1, 0.15) is 10.4 Å². The van der Waals surface area contributed by atoms with Crippen LogP contribution in [-0.2, 0) is 0 Å². The zero-order valence-electron chi connectivity index (χ0n) is 14.1. The van der Waals surface area contributed by atoms with Crippen LogP contribution < -0.4 is 5.32 Å². The summed E-state index contributed by atoms with van der Waals surface area (Å²) in [7, 11) is 0. The molecule has 0 aliphatic carbocycles. The molecule has 1 heterocycles. The van der Waals surface area contributed by atoms with Crippen LogP contribution in [0.3, 0.4) is 0 Å². The summed E-state index contributed by atoms with van der Waals surface area (Å²) in [6.45, 7) is 0. The van der Waals surface area contributed by atoms with Gasteiger partial charge in [0.25, 0.3) is 5.91 Å². The molecular weight excluding hydrogens is 424 g/mol. The number of H-pyrrole nitrogens is 1. The van der Waals surface area contributed by atoms with Gasteiger partial charge in [0.15, 0.2) is 0 Å². The number of aromatic amines is 1. The van der Waals surface area contributed by atoms with Crippen molar-refractivity contribution in [3.05, 3.63) is 81.0 Å². The maximum atomic E-state index is 14.2. The Kier molecular flexibility index (Phi) is 4.98. The summed E-state index contributed by atoms with van der Waals surface area (Å²) in [6, 6.07) is 14.1. The van der Waals surface area contributed by atoms with Crippen molar-refractivity contribution in [2.45, 2.75) is 0 Å². The van der Waals surface area contributed by atoms with E-state index < -0.39 is 5.82 Å². The molecule has 0 saturated heterocycles. The summed E-state index contributed by atoms with van der Waals surface area (Å²) < 4.78 is 14.2. The van der Waals surface area contributed by atoms with Gasteiger partial charge in [-0.15, -0.1) is 0 Å². The van der Waals surface area contributed by atoms with E-state index in [0.29, 0.717) is 32.3 Å². The number of aromatic nitrogens is 2. The highest BCUT2D eigenvalue weighted by atomic mass is 35.5. The number of nitrogens with one attached hydrogen (secondary N) is 2. The fourth-order valence-corrected chi connectivity index (χ4v) is 3.37. The quantitative estimate of drug-likeness (QED) is 0.382. The Labute approximate surface area is 174 Å². The Morgan fingerprint density at radius 3 is 2.61 bits per heavy atom. The number of rotatable bonds is 3. The second-order valence-corrected chi connectivity index (χ2v) is 7.24. The topological polar surface area (TPSA) is 57.8 Å². The zero-order valence-corrected chi connectivity index (χ0v) is 16.3. The molecule has 0 spiro atoms. The van der Waals surface area contributed by atoms with Crippen LogP contribution in [0.15, 0.2) is 54.6 Å². The van der Waals surface area contributed by atoms with Crippen molar-refractivity contribution in [2.24, 2.45) is 0 Å². The van der Waals surface area contributed by atoms with Crippen molar-refractivity contribution in [3.63, 3.8) is 0 Å². The van der Waals surface area contributed by atoms with E-state index in [1.54, 1.807) is 42.5 Å². The van der Waals surface area contributed by atoms with E-state index >= 15 is 0 Å². The number of anilines is 1. The van der Waals surface area contributed by atoms with E-state index in [2.05, 4.69) is 15.3 Å². The Balaban J connectivity index is 1.68. The molecule has 0 unspecified atom stereocenters. The Morgan fingerprint density at radius 2 is 1.82 bits per heavy atom. The predicted molar refractivity (Wildman–Crippen MR) is 111 cm³/mol. The van der Waals surface area contributed by atoms with Gasteiger partial charge in [-0.2, -0.15) is 0 Å². The van der Waals surface area contributed by atoms with Crippen LogP contribution in [0.4, 0.5) is 10.1 Å². The molecule has 0 aliphatic rings. The van der Waals surface area contributed by atoms with Crippen molar-refractivity contribution < 1.29 is 9.18 Å². The summed E-state index contributed by atoms with van der Waals surface area (Å²) in [5.74, 6) is -0.570. The number of halogens is 4. The lowest BCUT2D eigenvalue weighted by atomic mass is 10.2. The largest absolute Gasteiger partial charge is 0.338 e. The number of hydrogen-bond acceptors (Lipinski definition) is 2. The molecule has 0 saturated carbocycles. The molecule has 3 aromatic carbocycles. The maximum absolute atomic E-state index is 14.2. The van der Waals surface area contributed by atoms with Gasteiger partial charge in [-0.25, -0.2) is 9.37 Å². The van der Waals surface area contributed by atoms with Crippen molar-refractivity contribution in [2.75, 3.05) is 5.32 Å². The van der Waals surface area contributed by atoms with Gasteiger partial charge < -0.3 is 10.3 Å². The molecule has 0 bridgehead atoms. The van der Waals surface area contributed by atoms with Gasteiger partial charge in [-0.3, -0.25) is 4.79 Å². The molecule has 0 aliphatic heterocycles. The molecule has 8 heteroatoms. The molecule has 140 valence electrons. The third-order valence-electron chi connectivity index (χ3n) is 4.12. The van der Waals surface area contributed by atoms with Crippen LogP contribution in [0.5, 0.6) is 0 Å². The fraction of sp³-hybridized carbons (Fsp3) is 0. The van der Waals surface area contributed by atoms with Gasteiger partial charge in [0, 0.05) is 10.6 Å². The number of benzene rings is 3. The highest BCUT2D eigenvalue weighted by molar-refractivity contribution is 6.36. The molecule has 0 radical (unpaired) electrons. The lowest BCUT2D eigenvalue weighted by Gasteiger charge is -2.07. The molecule has 0 fully saturated rings. The number of imidazole rings is 1. The average molecular weight is 435 g/mol. The smallest absolute Gasteiger partial charge is 0.255 e. The molecular formula is C20H11Cl3FN3O. The first-order chi connectivity index (χ1) is 13.4. The third-order valence-corrected chi connectivity index (χ3v) is 5.00. The van der Waals surface area contributed by atoms with E-state index in [1.807, 2.05) is 0 Å². The summed E-state index contributed by atoms with van der Waals surface area (Å²) in [4.78, 5) is 20.0. The van der Waals surface area contributed by atoms with Gasteiger partial charge >= 0.3 is 0 Å². The average Bonchev–Trinajstić information content (AvgIpc) is 3.07. The Bertz CT molecular complexity index is 1200. The standard InChI is InChI=1S/C20H11Cl3FN3O/c21-11-5-6-12(22)16(9-11)27-20(28)10-4-7-15-17(8-10)26-19(25-15)18-13(23)2-1-3-14(18)24/h1-9H,(H,25,26)(H,27,28). The molecule has 1 amide bonds. The number of nitrogens with zero attached hydrogens (tertiary/aromatic N) is 1. The first kappa shape index (κ1) is 18.7. The molecule has 4 rings (SSSR count). The minimum absolute atomic E-state index is 0.178. The first-order valence-corrected chi connectivity index (χ1v) is 9.26. The number of carbonyl (C=O) groups is 1. The molecule has 4 aromatic rings. The second-order valence-electron chi connectivity index (χ2n) is 5.99. The summed E-state index contributed by atoms with van der Waals surface area (Å²) >= 11 is 18.1. The minimum atomic E-state index is -0.486. The van der Waals surface area contributed by atoms with Crippen molar-refractivity contribution in [3.8, 4) is 11.4 Å². The molecule has 2 N–H and O–H groups in total. The molecule has 28 heavy (non-hydrogen) atoms. The van der Waals surface area contributed by atoms with E-state index in [9.17, 15) is 9.18 Å². The van der Waals surface area contributed by atoms with Crippen LogP contribution >= 0.6 is 34.8 Å². The minimum Gasteiger partial charge on any atom is -0.338 e. The van der Waals surface area contributed by atoms with Crippen LogP contribution in [0.25, 0.3) is 22.4 Å². The monoisotopic (exact) mass is 433 g/mol. The van der Waals surface area contributed by atoms with Gasteiger partial charge in [-0.1, -0.05) is 40.9 Å². The van der Waals surface area contributed by atoms with Crippen LogP contribution in [0.2, 0.25) is 15.1 Å². The fourth-order valence-electron chi connectivity index (χ4n) is 2.78. The predicted octanol–water partition coefficient (Wildman–Crippen LogP) is 6.58. The lowest BCUT2D eigenvalue weighted by Crippen LogP contribution is -2.12. The molecule has 4 nitrogen and oxygen atoms in total. The van der Waals surface area contributed by atoms with Crippen LogP contribution in [0, 0.1) is 5.82 Å². The maximum Gasteiger partial charge on any atom is 0.255 e. The van der Waals surface area contributed by atoms with Gasteiger partial charge in [0.1, 0.15) is 11.6 Å². The summed E-state index contributed by atoms with van der Waals surface area (Å²) in [6.07, 6.45) is 0. The first-order valence-electron chi connectivity index (χ1n) is 8.13. The number of hydrogen-bond donors (Lipinski definition) is 2. The number of fused-ring (bicyclic) bond motifs is 1. The lowest BCUT2D eigenvalue weighted by molar-refractivity contribution is 0.102. The molecule has 0 atom stereocenters. The second kappa shape index (κ2) is 7.43. The number of amides is 1. The van der Waals surface area contributed by atoms with Gasteiger partial charge in [0.2, 0.25) is 0 Å². The van der Waals surface area contributed by atoms with E-state index in [0.717, 1.165) is 0 Å². The normalized spacial score (nSPS) is 11.0. The van der Waals surface area contributed by atoms with E-state index in [1.165, 1.54) is 12.1 Å². The summed E-state index contributed by atoms with van der Waals surface area (Å²) in [5.41, 5.74) is 2.10. The van der Waals surface area contributed by atoms with Gasteiger partial charge in [-0.05, 0) is 48.5 Å². The highest BCUT2D eigenvalue weighted by Gasteiger charge is 2.15. The highest BCUT2D eigenvalue weighted by Crippen LogP contribution is 2.30. The van der Waals surface area contributed by atoms with E-state index in [-0.39, 0.29) is 22.3 Å². The SMILES string of the molecule is O=C(Nc1cc(Cl)ccc1Cl)c1ccc2nc(-c3c(F)cccc3Cl)[nH]c2c1.